The lowest BCUT2D eigenvalue weighted by Gasteiger charge is -2.38. The lowest BCUT2D eigenvalue weighted by atomic mass is 10.00. The number of nitrogens with zero attached hydrogens (tertiary/aromatic N) is 4. The van der Waals surface area contributed by atoms with Crippen molar-refractivity contribution in [2.24, 2.45) is 0 Å². The Hall–Kier alpha value is -3.59. The maximum absolute atomic E-state index is 13.4. The van der Waals surface area contributed by atoms with E-state index in [1.807, 2.05) is 49.2 Å². The van der Waals surface area contributed by atoms with Gasteiger partial charge in [0.25, 0.3) is 5.91 Å². The predicted octanol–water partition coefficient (Wildman–Crippen LogP) is 3.98. The largest absolute Gasteiger partial charge is 0.512 e. The number of hydrogen-bond donors (Lipinski definition) is 1. The van der Waals surface area contributed by atoms with Crippen LogP contribution < -0.4 is 4.90 Å². The molecule has 1 fully saturated rings. The van der Waals surface area contributed by atoms with Gasteiger partial charge in [0.05, 0.1) is 6.04 Å². The number of hydrogen-bond acceptors (Lipinski definition) is 7. The topological polar surface area (TPSA) is 95.4 Å². The number of carbonyl (C=O) groups excluding carboxylic acids is 1. The first kappa shape index (κ1) is 23.2. The van der Waals surface area contributed by atoms with Crippen LogP contribution in [-0.2, 0) is 16.0 Å². The number of ether oxygens (including phenoxy) is 1. The minimum atomic E-state index is -1.38. The van der Waals surface area contributed by atoms with E-state index in [0.717, 1.165) is 55.6 Å². The Morgan fingerprint density at radius 3 is 2.60 bits per heavy atom. The first-order valence-corrected chi connectivity index (χ1v) is 12.0. The van der Waals surface area contributed by atoms with Gasteiger partial charge >= 0.3 is 6.16 Å². The normalized spacial score (nSPS) is 22.1. The van der Waals surface area contributed by atoms with E-state index >= 15 is 0 Å². The maximum atomic E-state index is 13.4. The molecule has 0 bridgehead atoms. The van der Waals surface area contributed by atoms with E-state index in [1.54, 1.807) is 18.5 Å². The smallest absolute Gasteiger partial charge is 0.449 e. The van der Waals surface area contributed by atoms with Crippen LogP contribution in [0.2, 0.25) is 0 Å². The molecule has 5 rings (SSSR count). The third-order valence-corrected chi connectivity index (χ3v) is 7.15. The summed E-state index contributed by atoms with van der Waals surface area (Å²) in [4.78, 5) is 38.7. The Morgan fingerprint density at radius 1 is 1.14 bits per heavy atom. The van der Waals surface area contributed by atoms with Crippen molar-refractivity contribution in [3.63, 3.8) is 0 Å². The summed E-state index contributed by atoms with van der Waals surface area (Å²) < 4.78 is 4.95. The van der Waals surface area contributed by atoms with Crippen LogP contribution in [-0.4, -0.2) is 64.4 Å². The summed E-state index contributed by atoms with van der Waals surface area (Å²) in [6, 6.07) is 9.83. The number of carboxylic acid groups (broad SMARTS) is 1. The predicted molar refractivity (Wildman–Crippen MR) is 129 cm³/mol. The third kappa shape index (κ3) is 4.68. The van der Waals surface area contributed by atoms with E-state index < -0.39 is 6.16 Å². The summed E-state index contributed by atoms with van der Waals surface area (Å²) >= 11 is 0. The van der Waals surface area contributed by atoms with Crippen molar-refractivity contribution in [2.75, 3.05) is 25.0 Å². The fourth-order valence-corrected chi connectivity index (χ4v) is 5.32. The van der Waals surface area contributed by atoms with Gasteiger partial charge in [-0.2, -0.15) is 0 Å². The number of amides is 1. The van der Waals surface area contributed by atoms with Crippen molar-refractivity contribution in [3.05, 3.63) is 71.4 Å². The van der Waals surface area contributed by atoms with Crippen molar-refractivity contribution in [1.82, 2.24) is 14.9 Å². The summed E-state index contributed by atoms with van der Waals surface area (Å²) in [5, 5.41) is 10.6. The Labute approximate surface area is 204 Å². The standard InChI is InChI=1S/C26H30N4O5/c1-17-15-24(34-26(32)33)30(35-17)23-6-5-18-3-4-19(16-22(18)23)25(31)28(2)20-9-13-29(14-10-20)21-7-11-27-12-8-21/h3-4,7-8,11-12,15-17,20,23H,5-6,9-10,13-14H2,1-2H3,(H,32,33)/t17?,23-/m1/s1. The molecule has 1 aromatic carbocycles. The lowest BCUT2D eigenvalue weighted by Crippen LogP contribution is -2.45. The molecule has 9 nitrogen and oxygen atoms in total. The number of aryl methyl sites for hydroxylation is 1. The SMILES string of the molecule is CC1C=C(OC(=O)O)N([C@@H]2CCc3ccc(C(=O)N(C)C4CCN(c5ccncc5)CC4)cc32)O1. The summed E-state index contributed by atoms with van der Waals surface area (Å²) in [5.41, 5.74) is 3.91. The van der Waals surface area contributed by atoms with Gasteiger partial charge in [0, 0.05) is 55.9 Å². The summed E-state index contributed by atoms with van der Waals surface area (Å²) in [6.07, 6.45) is 6.97. The first-order valence-electron chi connectivity index (χ1n) is 12.0. The Bertz CT molecular complexity index is 1130. The van der Waals surface area contributed by atoms with Gasteiger partial charge < -0.3 is 19.6 Å². The van der Waals surface area contributed by atoms with Gasteiger partial charge in [-0.05, 0) is 68.0 Å². The molecule has 9 heteroatoms. The van der Waals surface area contributed by atoms with Crippen LogP contribution in [0.4, 0.5) is 10.5 Å². The van der Waals surface area contributed by atoms with Crippen molar-refractivity contribution >= 4 is 17.7 Å². The van der Waals surface area contributed by atoms with Crippen molar-refractivity contribution in [3.8, 4) is 0 Å². The van der Waals surface area contributed by atoms with Crippen LogP contribution in [0, 0.1) is 0 Å². The number of piperidine rings is 1. The average molecular weight is 479 g/mol. The second-order valence-corrected chi connectivity index (χ2v) is 9.32. The zero-order chi connectivity index (χ0) is 24.5. The maximum Gasteiger partial charge on any atom is 0.512 e. The highest BCUT2D eigenvalue weighted by Crippen LogP contribution is 2.41. The molecule has 2 aromatic rings. The number of hydroxylamine groups is 2. The highest BCUT2D eigenvalue weighted by atomic mass is 16.8. The van der Waals surface area contributed by atoms with E-state index in [9.17, 15) is 9.59 Å². The molecule has 35 heavy (non-hydrogen) atoms. The molecule has 1 saturated heterocycles. The highest BCUT2D eigenvalue weighted by Gasteiger charge is 2.37. The molecule has 1 aromatic heterocycles. The minimum absolute atomic E-state index is 0.00549. The summed E-state index contributed by atoms with van der Waals surface area (Å²) in [5.74, 6) is 0.173. The van der Waals surface area contributed by atoms with E-state index in [2.05, 4.69) is 9.88 Å². The number of carbonyl (C=O) groups is 2. The van der Waals surface area contributed by atoms with E-state index in [1.165, 1.54) is 5.06 Å². The molecule has 2 atom stereocenters. The summed E-state index contributed by atoms with van der Waals surface area (Å²) in [7, 11) is 1.88. The number of fused-ring (bicyclic) bond motifs is 1. The third-order valence-electron chi connectivity index (χ3n) is 7.15. The molecule has 0 saturated carbocycles. The molecule has 2 aliphatic heterocycles. The zero-order valence-electron chi connectivity index (χ0n) is 20.0. The van der Waals surface area contributed by atoms with E-state index in [4.69, 9.17) is 14.7 Å². The number of rotatable bonds is 5. The second kappa shape index (κ2) is 9.58. The molecule has 184 valence electrons. The van der Waals surface area contributed by atoms with Gasteiger partial charge in [0.2, 0.25) is 5.88 Å². The van der Waals surface area contributed by atoms with Crippen molar-refractivity contribution < 1.29 is 24.3 Å². The fourth-order valence-electron chi connectivity index (χ4n) is 5.32. The van der Waals surface area contributed by atoms with Crippen LogP contribution in [0.1, 0.15) is 53.7 Å². The molecular formula is C26H30N4O5. The van der Waals surface area contributed by atoms with Crippen LogP contribution in [0.25, 0.3) is 0 Å². The monoisotopic (exact) mass is 478 g/mol. The van der Waals surface area contributed by atoms with Crippen molar-refractivity contribution in [2.45, 2.75) is 50.8 Å². The molecule has 1 N–H and O–H groups in total. The van der Waals surface area contributed by atoms with Crippen LogP contribution in [0.3, 0.4) is 0 Å². The quantitative estimate of drug-likeness (QED) is 0.645. The molecule has 1 aliphatic carbocycles. The number of aromatic nitrogens is 1. The number of benzene rings is 1. The number of anilines is 1. The van der Waals surface area contributed by atoms with E-state index in [0.29, 0.717) is 5.56 Å². The highest BCUT2D eigenvalue weighted by molar-refractivity contribution is 5.94. The minimum Gasteiger partial charge on any atom is -0.449 e. The average Bonchev–Trinajstić information content (AvgIpc) is 3.45. The van der Waals surface area contributed by atoms with Gasteiger partial charge in [-0.15, -0.1) is 0 Å². The van der Waals surface area contributed by atoms with E-state index in [-0.39, 0.29) is 30.0 Å². The summed E-state index contributed by atoms with van der Waals surface area (Å²) in [6.45, 7) is 3.61. The Kier molecular flexibility index (Phi) is 6.34. The number of pyridine rings is 1. The second-order valence-electron chi connectivity index (χ2n) is 9.32. The zero-order valence-corrected chi connectivity index (χ0v) is 20.0. The van der Waals surface area contributed by atoms with Crippen LogP contribution >= 0.6 is 0 Å². The molecule has 0 radical (unpaired) electrons. The van der Waals surface area contributed by atoms with Crippen LogP contribution in [0.5, 0.6) is 0 Å². The molecular weight excluding hydrogens is 448 g/mol. The molecule has 0 spiro atoms. The molecule has 1 unspecified atom stereocenters. The van der Waals surface area contributed by atoms with Crippen molar-refractivity contribution in [1.29, 1.82) is 0 Å². The molecule has 1 amide bonds. The molecule has 3 aliphatic rings. The van der Waals surface area contributed by atoms with Gasteiger partial charge in [0.1, 0.15) is 6.10 Å². The van der Waals surface area contributed by atoms with Gasteiger partial charge in [-0.3, -0.25) is 14.6 Å². The first-order chi connectivity index (χ1) is 16.9. The molecule has 3 heterocycles. The van der Waals surface area contributed by atoms with Gasteiger partial charge in [0.15, 0.2) is 0 Å². The van der Waals surface area contributed by atoms with Gasteiger partial charge in [-0.1, -0.05) is 6.07 Å². The Morgan fingerprint density at radius 2 is 1.89 bits per heavy atom. The Balaban J connectivity index is 1.28. The van der Waals surface area contributed by atoms with Gasteiger partial charge in [-0.25, -0.2) is 9.86 Å². The fraction of sp³-hybridized carbons (Fsp3) is 0.423. The van der Waals surface area contributed by atoms with Crippen LogP contribution in [0.15, 0.2) is 54.7 Å². The lowest BCUT2D eigenvalue weighted by molar-refractivity contribution is -0.181.